The summed E-state index contributed by atoms with van der Waals surface area (Å²) < 4.78 is 0. The molecule has 0 radical (unpaired) electrons. The van der Waals surface area contributed by atoms with Gasteiger partial charge in [0.05, 0.1) is 13.2 Å². The van der Waals surface area contributed by atoms with Crippen LogP contribution in [0.1, 0.15) is 46.5 Å². The summed E-state index contributed by atoms with van der Waals surface area (Å²) in [6.45, 7) is 3.49. The van der Waals surface area contributed by atoms with E-state index in [1.807, 2.05) is 0 Å². The van der Waals surface area contributed by atoms with E-state index >= 15 is 0 Å². The number of rotatable bonds is 6. The van der Waals surface area contributed by atoms with Crippen molar-refractivity contribution in [3.05, 3.63) is 0 Å². The fourth-order valence-electron chi connectivity index (χ4n) is 0.584. The minimum absolute atomic E-state index is 0.327. The Kier molecular flexibility index (Phi) is 31.4. The Bertz CT molecular complexity index is 242. The number of carboxylic acids is 3. The summed E-state index contributed by atoms with van der Waals surface area (Å²) in [4.78, 5) is 27.9. The van der Waals surface area contributed by atoms with E-state index < -0.39 is 24.0 Å². The van der Waals surface area contributed by atoms with Gasteiger partial charge in [-0.1, -0.05) is 19.8 Å². The van der Waals surface area contributed by atoms with Crippen LogP contribution in [0.3, 0.4) is 0 Å². The number of aliphatic hydroxyl groups excluding tert-OH is 3. The van der Waals surface area contributed by atoms with Crippen LogP contribution in [0.25, 0.3) is 0 Å². The summed E-state index contributed by atoms with van der Waals surface area (Å²) in [7, 11) is 0. The molecule has 0 aromatic heterocycles. The Hall–Kier alpha value is -1.71. The molecule has 134 valence electrons. The lowest BCUT2D eigenvalue weighted by Crippen LogP contribution is -2.15. The molecule has 0 saturated heterocycles. The summed E-state index contributed by atoms with van der Waals surface area (Å²) in [5, 5.41) is 47.0. The van der Waals surface area contributed by atoms with E-state index in [0.717, 1.165) is 33.1 Å². The van der Waals surface area contributed by atoms with Gasteiger partial charge in [-0.05, 0) is 6.42 Å². The third-order valence-electron chi connectivity index (χ3n) is 1.42. The van der Waals surface area contributed by atoms with Crippen LogP contribution in [-0.4, -0.2) is 67.9 Å². The number of aliphatic carboxylic acids is 3. The molecule has 22 heavy (non-hydrogen) atoms. The lowest BCUT2D eigenvalue weighted by Gasteiger charge is -1.96. The molecule has 9 heteroatoms. The highest BCUT2D eigenvalue weighted by Gasteiger charge is 1.94. The predicted octanol–water partition coefficient (Wildman–Crippen LogP) is 0.165. The van der Waals surface area contributed by atoms with Crippen molar-refractivity contribution in [2.45, 2.75) is 52.6 Å². The Morgan fingerprint density at radius 1 is 0.864 bits per heavy atom. The van der Waals surface area contributed by atoms with E-state index in [1.54, 1.807) is 0 Å². The highest BCUT2D eigenvalue weighted by molar-refractivity contribution is 5.66. The number of aliphatic hydroxyl groups is 3. The van der Waals surface area contributed by atoms with E-state index in [2.05, 4.69) is 6.92 Å². The zero-order chi connectivity index (χ0) is 18.6. The molecule has 0 bridgehead atoms. The van der Waals surface area contributed by atoms with Gasteiger partial charge < -0.3 is 30.6 Å². The summed E-state index contributed by atoms with van der Waals surface area (Å²) in [6.07, 6.45) is 2.32. The topological polar surface area (TPSA) is 173 Å². The number of carboxylic acid groups (broad SMARTS) is 3. The SMILES string of the molecule is CC(=O)O.CC(=O)O.CCCCCC(=O)O.OCC(O)CO. The standard InChI is InChI=1S/C6H12O2.C3H8O3.2C2H4O2/c1-2-3-4-5-6(7)8;4-1-3(6)2-5;2*1-2(3)4/h2-5H2,1H3,(H,7,8);3-6H,1-2H2;2*1H3,(H,3,4). The minimum atomic E-state index is -0.954. The molecule has 0 heterocycles. The molecule has 0 aromatic rings. The quantitative estimate of drug-likeness (QED) is 0.371. The molecule has 0 aliphatic carbocycles. The Labute approximate surface area is 129 Å². The van der Waals surface area contributed by atoms with Gasteiger partial charge in [0.15, 0.2) is 0 Å². The van der Waals surface area contributed by atoms with E-state index in [9.17, 15) is 4.79 Å². The number of hydrogen-bond acceptors (Lipinski definition) is 6. The Balaban J connectivity index is -0.000000103. The van der Waals surface area contributed by atoms with Crippen LogP contribution in [0.15, 0.2) is 0 Å². The smallest absolute Gasteiger partial charge is 0.303 e. The summed E-state index contributed by atoms with van der Waals surface area (Å²) in [5.74, 6) is -2.35. The monoisotopic (exact) mass is 328 g/mol. The van der Waals surface area contributed by atoms with Crippen molar-refractivity contribution in [3.63, 3.8) is 0 Å². The highest BCUT2D eigenvalue weighted by atomic mass is 16.4. The van der Waals surface area contributed by atoms with Gasteiger partial charge >= 0.3 is 5.97 Å². The Morgan fingerprint density at radius 3 is 1.32 bits per heavy atom. The molecule has 0 saturated carbocycles. The second-order valence-electron chi connectivity index (χ2n) is 3.91. The molecule has 0 aliphatic heterocycles. The maximum Gasteiger partial charge on any atom is 0.303 e. The first-order valence-corrected chi connectivity index (χ1v) is 6.55. The highest BCUT2D eigenvalue weighted by Crippen LogP contribution is 1.97. The zero-order valence-electron chi connectivity index (χ0n) is 13.2. The molecule has 0 aliphatic rings. The maximum absolute atomic E-state index is 9.87. The van der Waals surface area contributed by atoms with Crippen LogP contribution in [-0.2, 0) is 14.4 Å². The molecule has 0 fully saturated rings. The number of hydrogen-bond donors (Lipinski definition) is 6. The molecule has 0 aromatic carbocycles. The maximum atomic E-state index is 9.87. The molecule has 0 unspecified atom stereocenters. The molecule has 9 nitrogen and oxygen atoms in total. The fraction of sp³-hybridized carbons (Fsp3) is 0.769. The van der Waals surface area contributed by atoms with Crippen LogP contribution in [0.4, 0.5) is 0 Å². The van der Waals surface area contributed by atoms with Gasteiger partial charge in [-0.25, -0.2) is 0 Å². The van der Waals surface area contributed by atoms with E-state index in [4.69, 9.17) is 40.2 Å². The molecule has 0 spiro atoms. The Morgan fingerprint density at radius 2 is 1.18 bits per heavy atom. The average Bonchev–Trinajstić information content (AvgIpc) is 2.37. The molecule has 0 amide bonds. The van der Waals surface area contributed by atoms with Gasteiger partial charge in [-0.2, -0.15) is 0 Å². The summed E-state index contributed by atoms with van der Waals surface area (Å²) in [6, 6.07) is 0. The third-order valence-corrected chi connectivity index (χ3v) is 1.42. The largest absolute Gasteiger partial charge is 0.481 e. The molecule has 0 atom stereocenters. The van der Waals surface area contributed by atoms with Crippen LogP contribution in [0, 0.1) is 0 Å². The molecule has 6 N–H and O–H groups in total. The van der Waals surface area contributed by atoms with Crippen molar-refractivity contribution in [1.29, 1.82) is 0 Å². The second-order valence-corrected chi connectivity index (χ2v) is 3.91. The normalized spacial score (nSPS) is 8.32. The zero-order valence-corrected chi connectivity index (χ0v) is 13.2. The first-order chi connectivity index (χ1) is 10.0. The van der Waals surface area contributed by atoms with Crippen molar-refractivity contribution in [2.24, 2.45) is 0 Å². The van der Waals surface area contributed by atoms with Crippen molar-refractivity contribution < 1.29 is 45.0 Å². The number of unbranched alkanes of at least 4 members (excludes halogenated alkanes) is 2. The van der Waals surface area contributed by atoms with Crippen LogP contribution >= 0.6 is 0 Å². The summed E-state index contributed by atoms with van der Waals surface area (Å²) >= 11 is 0. The number of carbonyl (C=O) groups is 3. The van der Waals surface area contributed by atoms with E-state index in [-0.39, 0.29) is 13.2 Å². The van der Waals surface area contributed by atoms with Gasteiger partial charge in [0.2, 0.25) is 0 Å². The van der Waals surface area contributed by atoms with Crippen molar-refractivity contribution in [2.75, 3.05) is 13.2 Å². The second kappa shape index (κ2) is 24.3. The van der Waals surface area contributed by atoms with Gasteiger partial charge in [0.1, 0.15) is 6.10 Å². The summed E-state index contributed by atoms with van der Waals surface area (Å²) in [5.41, 5.74) is 0. The molecular formula is C13H28O9. The third kappa shape index (κ3) is 103. The lowest BCUT2D eigenvalue weighted by atomic mass is 10.2. The predicted molar refractivity (Wildman–Crippen MR) is 78.6 cm³/mol. The van der Waals surface area contributed by atoms with Gasteiger partial charge in [-0.15, -0.1) is 0 Å². The average molecular weight is 328 g/mol. The fourth-order valence-corrected chi connectivity index (χ4v) is 0.584. The van der Waals surface area contributed by atoms with Crippen molar-refractivity contribution in [1.82, 2.24) is 0 Å². The van der Waals surface area contributed by atoms with Gasteiger partial charge in [-0.3, -0.25) is 14.4 Å². The van der Waals surface area contributed by atoms with E-state index in [0.29, 0.717) is 6.42 Å². The van der Waals surface area contributed by atoms with E-state index in [1.165, 1.54) is 0 Å². The van der Waals surface area contributed by atoms with Gasteiger partial charge in [0.25, 0.3) is 11.9 Å². The van der Waals surface area contributed by atoms with Crippen LogP contribution < -0.4 is 0 Å². The first kappa shape index (κ1) is 28.5. The van der Waals surface area contributed by atoms with Crippen molar-refractivity contribution >= 4 is 17.9 Å². The first-order valence-electron chi connectivity index (χ1n) is 6.55. The van der Waals surface area contributed by atoms with Crippen LogP contribution in [0.5, 0.6) is 0 Å². The van der Waals surface area contributed by atoms with Gasteiger partial charge in [0, 0.05) is 20.3 Å². The minimum Gasteiger partial charge on any atom is -0.481 e. The van der Waals surface area contributed by atoms with Crippen molar-refractivity contribution in [3.8, 4) is 0 Å². The molecule has 0 rings (SSSR count). The lowest BCUT2D eigenvalue weighted by molar-refractivity contribution is -0.137. The van der Waals surface area contributed by atoms with Crippen LogP contribution in [0.2, 0.25) is 0 Å². The molecular weight excluding hydrogens is 300 g/mol.